The standard InChI is InChI=1S/C18H20N4/c1-2-6-15(7-3-1)14-22-12-10-18(11-13-22)19-16-8-4-5-9-17(16)20-21-18/h1-9,19H,10-14H2. The maximum Gasteiger partial charge on any atom is 0.153 e. The number of anilines is 1. The summed E-state index contributed by atoms with van der Waals surface area (Å²) in [5.41, 5.74) is 3.22. The number of nitrogens with zero attached hydrogens (tertiary/aromatic N) is 3. The predicted octanol–water partition coefficient (Wildman–Crippen LogP) is 4.19. The van der Waals surface area contributed by atoms with E-state index in [4.69, 9.17) is 0 Å². The van der Waals surface area contributed by atoms with Crippen LogP contribution in [-0.2, 0) is 6.54 Å². The molecule has 0 aromatic heterocycles. The van der Waals surface area contributed by atoms with Crippen molar-refractivity contribution in [1.29, 1.82) is 0 Å². The fourth-order valence-electron chi connectivity index (χ4n) is 3.24. The number of para-hydroxylation sites is 1. The lowest BCUT2D eigenvalue weighted by Gasteiger charge is -2.41. The SMILES string of the molecule is c1ccc(CN2CCC3(CC2)N=Nc2ccccc2N3)cc1. The number of azo groups is 1. The normalized spacial score (nSPS) is 19.6. The molecular weight excluding hydrogens is 272 g/mol. The minimum Gasteiger partial charge on any atom is -0.358 e. The van der Waals surface area contributed by atoms with E-state index in [1.807, 2.05) is 18.2 Å². The van der Waals surface area contributed by atoms with Crippen LogP contribution in [0.4, 0.5) is 11.4 Å². The molecule has 2 heterocycles. The molecule has 2 aliphatic rings. The topological polar surface area (TPSA) is 40.0 Å². The molecule has 2 aliphatic heterocycles. The predicted molar refractivity (Wildman–Crippen MR) is 88.3 cm³/mol. The molecule has 2 aromatic rings. The van der Waals surface area contributed by atoms with E-state index in [1.54, 1.807) is 0 Å². The van der Waals surface area contributed by atoms with Gasteiger partial charge < -0.3 is 5.32 Å². The Kier molecular flexibility index (Phi) is 3.39. The molecule has 1 N–H and O–H groups in total. The van der Waals surface area contributed by atoms with Gasteiger partial charge in [0.25, 0.3) is 0 Å². The summed E-state index contributed by atoms with van der Waals surface area (Å²) < 4.78 is 0. The van der Waals surface area contributed by atoms with Gasteiger partial charge in [-0.3, -0.25) is 4.90 Å². The third kappa shape index (κ3) is 2.62. The molecule has 112 valence electrons. The molecule has 2 aromatic carbocycles. The van der Waals surface area contributed by atoms with Gasteiger partial charge in [-0.2, -0.15) is 10.2 Å². The van der Waals surface area contributed by atoms with E-state index in [1.165, 1.54) is 5.56 Å². The van der Waals surface area contributed by atoms with Gasteiger partial charge in [-0.25, -0.2) is 0 Å². The van der Waals surface area contributed by atoms with Crippen LogP contribution in [0.15, 0.2) is 64.8 Å². The first-order chi connectivity index (χ1) is 10.8. The summed E-state index contributed by atoms with van der Waals surface area (Å²) in [6, 6.07) is 18.8. The molecule has 4 heteroatoms. The Balaban J connectivity index is 1.42. The summed E-state index contributed by atoms with van der Waals surface area (Å²) in [4.78, 5) is 2.50. The second-order valence-corrected chi connectivity index (χ2v) is 6.14. The lowest BCUT2D eigenvalue weighted by Crippen LogP contribution is -2.48. The van der Waals surface area contributed by atoms with Gasteiger partial charge in [0.15, 0.2) is 5.66 Å². The first-order valence-electron chi connectivity index (χ1n) is 7.89. The van der Waals surface area contributed by atoms with Crippen molar-refractivity contribution in [2.45, 2.75) is 25.0 Å². The maximum atomic E-state index is 4.59. The summed E-state index contributed by atoms with van der Waals surface area (Å²) in [5.74, 6) is 0. The van der Waals surface area contributed by atoms with Gasteiger partial charge in [0.2, 0.25) is 0 Å². The summed E-state index contributed by atoms with van der Waals surface area (Å²) in [5, 5.41) is 12.6. The van der Waals surface area contributed by atoms with Crippen LogP contribution in [0.25, 0.3) is 0 Å². The molecule has 0 radical (unpaired) electrons. The summed E-state index contributed by atoms with van der Waals surface area (Å²) in [6.07, 6.45) is 2.00. The molecule has 0 atom stereocenters. The first kappa shape index (κ1) is 13.5. The van der Waals surface area contributed by atoms with Crippen LogP contribution in [0.2, 0.25) is 0 Å². The second-order valence-electron chi connectivity index (χ2n) is 6.14. The molecule has 1 fully saturated rings. The number of fused-ring (bicyclic) bond motifs is 1. The monoisotopic (exact) mass is 292 g/mol. The average Bonchev–Trinajstić information content (AvgIpc) is 2.58. The van der Waals surface area contributed by atoms with Crippen molar-refractivity contribution >= 4 is 11.4 Å². The second kappa shape index (κ2) is 5.54. The molecule has 22 heavy (non-hydrogen) atoms. The van der Waals surface area contributed by atoms with Crippen molar-refractivity contribution in [3.8, 4) is 0 Å². The highest BCUT2D eigenvalue weighted by molar-refractivity contribution is 5.67. The average molecular weight is 292 g/mol. The molecule has 1 spiro atoms. The van der Waals surface area contributed by atoms with Crippen LogP contribution in [-0.4, -0.2) is 23.7 Å². The number of rotatable bonds is 2. The Morgan fingerprint density at radius 2 is 1.68 bits per heavy atom. The van der Waals surface area contributed by atoms with E-state index in [-0.39, 0.29) is 5.66 Å². The van der Waals surface area contributed by atoms with Crippen LogP contribution < -0.4 is 5.32 Å². The van der Waals surface area contributed by atoms with Crippen molar-refractivity contribution in [2.24, 2.45) is 10.2 Å². The van der Waals surface area contributed by atoms with Crippen LogP contribution in [0.1, 0.15) is 18.4 Å². The Morgan fingerprint density at radius 1 is 0.955 bits per heavy atom. The minimum atomic E-state index is -0.207. The molecule has 0 aliphatic carbocycles. The molecule has 4 nitrogen and oxygen atoms in total. The maximum absolute atomic E-state index is 4.59. The number of likely N-dealkylation sites (tertiary alicyclic amines) is 1. The third-order valence-electron chi connectivity index (χ3n) is 4.55. The lowest BCUT2D eigenvalue weighted by molar-refractivity contribution is 0.166. The molecule has 0 bridgehead atoms. The third-order valence-corrected chi connectivity index (χ3v) is 4.55. The summed E-state index contributed by atoms with van der Waals surface area (Å²) in [7, 11) is 0. The fourth-order valence-corrected chi connectivity index (χ4v) is 3.24. The van der Waals surface area contributed by atoms with Gasteiger partial charge in [0.05, 0.1) is 5.69 Å². The number of nitrogens with one attached hydrogen (secondary N) is 1. The van der Waals surface area contributed by atoms with Gasteiger partial charge in [-0.15, -0.1) is 0 Å². The van der Waals surface area contributed by atoms with E-state index in [9.17, 15) is 0 Å². The van der Waals surface area contributed by atoms with E-state index in [0.29, 0.717) is 0 Å². The molecular formula is C18H20N4. The Morgan fingerprint density at radius 3 is 2.50 bits per heavy atom. The van der Waals surface area contributed by atoms with E-state index in [0.717, 1.165) is 43.9 Å². The number of benzene rings is 2. The van der Waals surface area contributed by atoms with Crippen LogP contribution >= 0.6 is 0 Å². The minimum absolute atomic E-state index is 0.207. The molecule has 0 saturated carbocycles. The summed E-state index contributed by atoms with van der Waals surface area (Å²) >= 11 is 0. The highest BCUT2D eigenvalue weighted by atomic mass is 15.3. The van der Waals surface area contributed by atoms with Gasteiger partial charge >= 0.3 is 0 Å². The van der Waals surface area contributed by atoms with Gasteiger partial charge in [-0.05, 0) is 17.7 Å². The highest BCUT2D eigenvalue weighted by Gasteiger charge is 2.37. The van der Waals surface area contributed by atoms with E-state index in [2.05, 4.69) is 56.8 Å². The van der Waals surface area contributed by atoms with Crippen molar-refractivity contribution in [1.82, 2.24) is 4.90 Å². The van der Waals surface area contributed by atoms with Crippen LogP contribution in [0.5, 0.6) is 0 Å². The fraction of sp³-hybridized carbons (Fsp3) is 0.333. The zero-order valence-electron chi connectivity index (χ0n) is 12.6. The Labute approximate surface area is 130 Å². The highest BCUT2D eigenvalue weighted by Crippen LogP contribution is 2.38. The van der Waals surface area contributed by atoms with Crippen molar-refractivity contribution in [3.05, 3.63) is 60.2 Å². The quantitative estimate of drug-likeness (QED) is 0.901. The zero-order valence-corrected chi connectivity index (χ0v) is 12.6. The number of hydrogen-bond donors (Lipinski definition) is 1. The lowest BCUT2D eigenvalue weighted by atomic mass is 9.96. The molecule has 0 amide bonds. The molecule has 1 saturated heterocycles. The molecule has 0 unspecified atom stereocenters. The Hall–Kier alpha value is -2.20. The first-order valence-corrected chi connectivity index (χ1v) is 7.89. The van der Waals surface area contributed by atoms with Crippen molar-refractivity contribution < 1.29 is 0 Å². The number of piperidine rings is 1. The number of hydrogen-bond acceptors (Lipinski definition) is 4. The van der Waals surface area contributed by atoms with Crippen LogP contribution in [0, 0.1) is 0 Å². The molecule has 4 rings (SSSR count). The van der Waals surface area contributed by atoms with Gasteiger partial charge in [-0.1, -0.05) is 42.5 Å². The Bertz CT molecular complexity index is 672. The van der Waals surface area contributed by atoms with Crippen molar-refractivity contribution in [3.63, 3.8) is 0 Å². The van der Waals surface area contributed by atoms with Gasteiger partial charge in [0.1, 0.15) is 5.69 Å². The van der Waals surface area contributed by atoms with E-state index >= 15 is 0 Å². The zero-order chi connectivity index (χ0) is 14.8. The van der Waals surface area contributed by atoms with Crippen molar-refractivity contribution in [2.75, 3.05) is 18.4 Å². The largest absolute Gasteiger partial charge is 0.358 e. The van der Waals surface area contributed by atoms with E-state index < -0.39 is 0 Å². The smallest absolute Gasteiger partial charge is 0.153 e. The van der Waals surface area contributed by atoms with Crippen LogP contribution in [0.3, 0.4) is 0 Å². The summed E-state index contributed by atoms with van der Waals surface area (Å²) in [6.45, 7) is 3.11. The van der Waals surface area contributed by atoms with Gasteiger partial charge in [0, 0.05) is 32.5 Å².